The maximum Gasteiger partial charge on any atom is 0.254 e. The highest BCUT2D eigenvalue weighted by Gasteiger charge is 2.28. The van der Waals surface area contributed by atoms with Gasteiger partial charge in [-0.3, -0.25) is 9.59 Å². The van der Waals surface area contributed by atoms with Crippen LogP contribution in [0.4, 0.5) is 10.1 Å². The molecular weight excluding hydrogens is 345 g/mol. The van der Waals surface area contributed by atoms with Gasteiger partial charge in [0.15, 0.2) is 0 Å². The molecule has 146 valence electrons. The predicted octanol–water partition coefficient (Wildman–Crippen LogP) is 2.95. The average molecular weight is 373 g/mol. The zero-order valence-electron chi connectivity index (χ0n) is 15.8. The third-order valence-corrected chi connectivity index (χ3v) is 6.18. The van der Waals surface area contributed by atoms with Gasteiger partial charge in [-0.25, -0.2) is 4.39 Å². The smallest absolute Gasteiger partial charge is 0.254 e. The molecule has 1 aromatic rings. The Kier molecular flexibility index (Phi) is 5.43. The van der Waals surface area contributed by atoms with Crippen molar-refractivity contribution in [3.8, 4) is 0 Å². The molecule has 0 bridgehead atoms. The second-order valence-corrected chi connectivity index (χ2v) is 8.18. The molecule has 3 fully saturated rings. The molecule has 1 N–H and O–H groups in total. The monoisotopic (exact) mass is 373 g/mol. The van der Waals surface area contributed by atoms with Crippen molar-refractivity contribution in [1.82, 2.24) is 10.2 Å². The molecule has 2 aliphatic heterocycles. The van der Waals surface area contributed by atoms with Crippen molar-refractivity contribution in [2.75, 3.05) is 31.1 Å². The van der Waals surface area contributed by atoms with Crippen LogP contribution in [0.25, 0.3) is 0 Å². The maximum atomic E-state index is 14.3. The lowest BCUT2D eigenvalue weighted by atomic mass is 10.1. The van der Waals surface area contributed by atoms with E-state index in [2.05, 4.69) is 10.2 Å². The van der Waals surface area contributed by atoms with Crippen molar-refractivity contribution < 1.29 is 14.0 Å². The lowest BCUT2D eigenvalue weighted by Crippen LogP contribution is -2.38. The molecule has 4 rings (SSSR count). The first kappa shape index (κ1) is 18.4. The number of hydrogen-bond donors (Lipinski definition) is 1. The highest BCUT2D eigenvalue weighted by molar-refractivity contribution is 5.99. The summed E-state index contributed by atoms with van der Waals surface area (Å²) in [4.78, 5) is 28.6. The van der Waals surface area contributed by atoms with Crippen molar-refractivity contribution in [3.63, 3.8) is 0 Å². The third kappa shape index (κ3) is 4.15. The minimum atomic E-state index is -0.538. The molecule has 5 nitrogen and oxygen atoms in total. The van der Waals surface area contributed by atoms with Crippen LogP contribution in [0.3, 0.4) is 0 Å². The first-order valence-corrected chi connectivity index (χ1v) is 10.2. The number of anilines is 1. The molecular formula is C21H28FN3O2. The molecule has 1 atom stereocenters. The Morgan fingerprint density at radius 2 is 1.96 bits per heavy atom. The molecule has 6 heteroatoms. The van der Waals surface area contributed by atoms with Crippen LogP contribution in [0.15, 0.2) is 18.2 Å². The fourth-order valence-corrected chi connectivity index (χ4v) is 4.71. The summed E-state index contributed by atoms with van der Waals surface area (Å²) < 4.78 is 14.3. The zero-order chi connectivity index (χ0) is 18.8. The predicted molar refractivity (Wildman–Crippen MR) is 102 cm³/mol. The molecule has 0 radical (unpaired) electrons. The van der Waals surface area contributed by atoms with Crippen LogP contribution in [0, 0.1) is 11.7 Å². The summed E-state index contributed by atoms with van der Waals surface area (Å²) in [5, 5.41) is 3.00. The second kappa shape index (κ2) is 7.97. The Hall–Kier alpha value is -1.95. The summed E-state index contributed by atoms with van der Waals surface area (Å²) in [6.07, 6.45) is 7.54. The molecule has 1 saturated carbocycles. The average Bonchev–Trinajstić information content (AvgIpc) is 3.39. The molecule has 0 aromatic heterocycles. The summed E-state index contributed by atoms with van der Waals surface area (Å²) >= 11 is 0. The molecule has 27 heavy (non-hydrogen) atoms. The number of carbonyl (C=O) groups excluding carboxylic acids is 2. The second-order valence-electron chi connectivity index (χ2n) is 8.18. The summed E-state index contributed by atoms with van der Waals surface area (Å²) in [7, 11) is 0. The standard InChI is InChI=1S/C21H28FN3O2/c22-19-8-7-17(25-10-3-6-20(25)26)12-18(19)21(27)23-16-9-11-24(14-16)13-15-4-1-2-5-15/h7-8,12,15-16H,1-6,9-11,13-14H2,(H,23,27)/t16-/m0/s1. The summed E-state index contributed by atoms with van der Waals surface area (Å²) in [5.41, 5.74) is 0.639. The van der Waals surface area contributed by atoms with Crippen LogP contribution in [-0.4, -0.2) is 48.9 Å². The summed E-state index contributed by atoms with van der Waals surface area (Å²) in [6.45, 7) is 3.58. The van der Waals surface area contributed by atoms with Crippen LogP contribution in [-0.2, 0) is 4.79 Å². The first-order valence-electron chi connectivity index (χ1n) is 10.2. The van der Waals surface area contributed by atoms with Gasteiger partial charge in [-0.15, -0.1) is 0 Å². The van der Waals surface area contributed by atoms with Crippen LogP contribution < -0.4 is 10.2 Å². The number of likely N-dealkylation sites (tertiary alicyclic amines) is 1. The Labute approximate surface area is 159 Å². The van der Waals surface area contributed by atoms with E-state index in [0.29, 0.717) is 18.7 Å². The topological polar surface area (TPSA) is 52.7 Å². The zero-order valence-corrected chi connectivity index (χ0v) is 15.8. The summed E-state index contributed by atoms with van der Waals surface area (Å²) in [6, 6.07) is 4.44. The van der Waals surface area contributed by atoms with E-state index in [1.54, 1.807) is 11.0 Å². The number of halogens is 1. The van der Waals surface area contributed by atoms with E-state index in [4.69, 9.17) is 0 Å². The number of carbonyl (C=O) groups is 2. The minimum Gasteiger partial charge on any atom is -0.348 e. The van der Waals surface area contributed by atoms with E-state index in [0.717, 1.165) is 38.4 Å². The quantitative estimate of drug-likeness (QED) is 0.863. The van der Waals surface area contributed by atoms with Crippen molar-refractivity contribution in [2.45, 2.75) is 51.0 Å². The van der Waals surface area contributed by atoms with Gasteiger partial charge in [0.25, 0.3) is 5.91 Å². The van der Waals surface area contributed by atoms with Crippen LogP contribution in [0.5, 0.6) is 0 Å². The molecule has 3 aliphatic rings. The summed E-state index contributed by atoms with van der Waals surface area (Å²) in [5.74, 6) is -0.0877. The van der Waals surface area contributed by atoms with Gasteiger partial charge in [0.05, 0.1) is 5.56 Å². The van der Waals surface area contributed by atoms with Crippen LogP contribution in [0.2, 0.25) is 0 Å². The third-order valence-electron chi connectivity index (χ3n) is 6.18. The Balaban J connectivity index is 1.37. The lowest BCUT2D eigenvalue weighted by molar-refractivity contribution is -0.117. The van der Waals surface area contributed by atoms with Gasteiger partial charge in [0.1, 0.15) is 5.82 Å². The van der Waals surface area contributed by atoms with Crippen molar-refractivity contribution >= 4 is 17.5 Å². The number of nitrogens with one attached hydrogen (secondary N) is 1. The Bertz CT molecular complexity index is 717. The van der Waals surface area contributed by atoms with Gasteiger partial charge in [-0.2, -0.15) is 0 Å². The molecule has 2 heterocycles. The van der Waals surface area contributed by atoms with Gasteiger partial charge in [0, 0.05) is 44.3 Å². The van der Waals surface area contributed by atoms with Crippen LogP contribution in [0.1, 0.15) is 55.3 Å². The van der Waals surface area contributed by atoms with Gasteiger partial charge >= 0.3 is 0 Å². The van der Waals surface area contributed by atoms with Crippen LogP contribution >= 0.6 is 0 Å². The molecule has 2 saturated heterocycles. The number of nitrogens with zero attached hydrogens (tertiary/aromatic N) is 2. The van der Waals surface area contributed by atoms with Gasteiger partial charge in [-0.05, 0) is 49.8 Å². The van der Waals surface area contributed by atoms with E-state index in [-0.39, 0.29) is 23.4 Å². The van der Waals surface area contributed by atoms with E-state index in [1.807, 2.05) is 0 Å². The molecule has 2 amide bonds. The molecule has 0 spiro atoms. The van der Waals surface area contributed by atoms with Gasteiger partial charge < -0.3 is 15.1 Å². The van der Waals surface area contributed by atoms with E-state index in [1.165, 1.54) is 37.8 Å². The molecule has 0 unspecified atom stereocenters. The van der Waals surface area contributed by atoms with Crippen molar-refractivity contribution in [1.29, 1.82) is 0 Å². The Morgan fingerprint density at radius 1 is 1.15 bits per heavy atom. The number of benzene rings is 1. The largest absolute Gasteiger partial charge is 0.348 e. The lowest BCUT2D eigenvalue weighted by Gasteiger charge is -2.21. The van der Waals surface area contributed by atoms with Crippen molar-refractivity contribution in [3.05, 3.63) is 29.6 Å². The highest BCUT2D eigenvalue weighted by Crippen LogP contribution is 2.27. The van der Waals surface area contributed by atoms with E-state index < -0.39 is 5.82 Å². The van der Waals surface area contributed by atoms with Gasteiger partial charge in [0.2, 0.25) is 5.91 Å². The minimum absolute atomic E-state index is 0.0291. The number of amides is 2. The van der Waals surface area contributed by atoms with E-state index in [9.17, 15) is 14.0 Å². The fourth-order valence-electron chi connectivity index (χ4n) is 4.71. The fraction of sp³-hybridized carbons (Fsp3) is 0.619. The van der Waals surface area contributed by atoms with Gasteiger partial charge in [-0.1, -0.05) is 12.8 Å². The molecule has 1 aromatic carbocycles. The SMILES string of the molecule is O=C(N[C@H]1CCN(CC2CCCC2)C1)c1cc(N2CCCC2=O)ccc1F. The number of hydrogen-bond acceptors (Lipinski definition) is 3. The van der Waals surface area contributed by atoms with E-state index >= 15 is 0 Å². The first-order chi connectivity index (χ1) is 13.1. The highest BCUT2D eigenvalue weighted by atomic mass is 19.1. The number of rotatable bonds is 5. The van der Waals surface area contributed by atoms with Crippen molar-refractivity contribution in [2.24, 2.45) is 5.92 Å². The Morgan fingerprint density at radius 3 is 2.70 bits per heavy atom. The maximum absolute atomic E-state index is 14.3. The normalized spacial score (nSPS) is 24.1. The molecule has 1 aliphatic carbocycles.